The maximum absolute atomic E-state index is 13.6. The van der Waals surface area contributed by atoms with Gasteiger partial charge in [0.05, 0.1) is 13.2 Å². The number of aromatic nitrogens is 6. The molecule has 2 aliphatic rings. The third kappa shape index (κ3) is 11.6. The highest BCUT2D eigenvalue weighted by Gasteiger charge is 2.51. The van der Waals surface area contributed by atoms with Gasteiger partial charge in [-0.1, -0.05) is 73.5 Å². The highest BCUT2D eigenvalue weighted by Crippen LogP contribution is 2.32. The van der Waals surface area contributed by atoms with E-state index >= 15 is 0 Å². The number of unbranched alkanes of at least 4 members (excludes halogenated alkanes) is 1. The number of nitrogens with one attached hydrogen (secondary N) is 1. The average molecular weight is 873 g/mol. The number of aromatic amines is 1. The number of esters is 2. The van der Waals surface area contributed by atoms with Crippen LogP contribution < -0.4 is 0 Å². The summed E-state index contributed by atoms with van der Waals surface area (Å²) >= 11 is 6.54. The van der Waals surface area contributed by atoms with Gasteiger partial charge in [0, 0.05) is 31.9 Å². The fourth-order valence-electron chi connectivity index (χ4n) is 6.82. The molecule has 2 aliphatic heterocycles. The zero-order chi connectivity index (χ0) is 43.5. The summed E-state index contributed by atoms with van der Waals surface area (Å²) < 4.78 is 34.7. The molecule has 23 nitrogen and oxygen atoms in total. The van der Waals surface area contributed by atoms with Crippen LogP contribution in [0.4, 0.5) is 4.79 Å². The second-order valence-corrected chi connectivity index (χ2v) is 14.2. The molecule has 2 fully saturated rings. The Hall–Kier alpha value is -6.46. The molecule has 0 spiro atoms. The number of carbonyl (C=O) groups excluding carboxylic acids is 3. The summed E-state index contributed by atoms with van der Waals surface area (Å²) in [6, 6.07) is 15.4. The fourth-order valence-corrected chi connectivity index (χ4v) is 7.09. The summed E-state index contributed by atoms with van der Waals surface area (Å²) in [7, 11) is 0. The summed E-state index contributed by atoms with van der Waals surface area (Å²) in [5.74, 6) is -0.541. The number of benzene rings is 2. The largest absolute Gasteiger partial charge is 0.511 e. The van der Waals surface area contributed by atoms with Gasteiger partial charge in [-0.25, -0.2) is 14.6 Å². The average Bonchev–Trinajstić information content (AvgIpc) is 4.03. The maximum Gasteiger partial charge on any atom is 0.511 e. The number of imidazole rings is 1. The minimum atomic E-state index is -1.42. The molecule has 4 aromatic rings. The van der Waals surface area contributed by atoms with Crippen LogP contribution in [0, 0.1) is 20.2 Å². The second-order valence-electron chi connectivity index (χ2n) is 13.8. The minimum Gasteiger partial charge on any atom is -0.457 e. The Labute approximate surface area is 351 Å². The predicted molar refractivity (Wildman–Crippen MR) is 204 cm³/mol. The lowest BCUT2D eigenvalue weighted by Crippen LogP contribution is -2.36. The molecule has 24 heteroatoms. The summed E-state index contributed by atoms with van der Waals surface area (Å²) in [4.78, 5) is 73.0. The Morgan fingerprint density at radius 1 is 0.967 bits per heavy atom. The number of tetrazole rings is 1. The van der Waals surface area contributed by atoms with Crippen molar-refractivity contribution < 1.29 is 62.7 Å². The van der Waals surface area contributed by atoms with Crippen molar-refractivity contribution in [3.05, 3.63) is 91.0 Å². The molecule has 6 atom stereocenters. The van der Waals surface area contributed by atoms with Crippen molar-refractivity contribution >= 4 is 29.7 Å². The van der Waals surface area contributed by atoms with Crippen LogP contribution in [0.5, 0.6) is 0 Å². The van der Waals surface area contributed by atoms with E-state index in [0.29, 0.717) is 18.1 Å². The highest BCUT2D eigenvalue weighted by atomic mass is 35.5. The predicted octanol–water partition coefficient (Wildman–Crippen LogP) is 4.46. The van der Waals surface area contributed by atoms with E-state index in [9.17, 15) is 34.6 Å². The SMILES string of the molecule is CCCCc1nc(Cl)c(C(=O)OC(C)OC(=O)O[C@@H]2COC3C2OC[C@H]3OC(=O)CCCC(CO[N+](=O)[O-])O[N+](=O)[O-])n1Cc1ccc(-c2ccccc2-c2nn[nH]n2)cc1. The zero-order valence-corrected chi connectivity index (χ0v) is 33.5. The molecule has 4 unspecified atom stereocenters. The van der Waals surface area contributed by atoms with Crippen LogP contribution in [0.15, 0.2) is 48.5 Å². The van der Waals surface area contributed by atoms with Crippen molar-refractivity contribution in [1.29, 1.82) is 0 Å². The van der Waals surface area contributed by atoms with E-state index < -0.39 is 71.7 Å². The lowest BCUT2D eigenvalue weighted by Gasteiger charge is -2.19. The fraction of sp³-hybridized carbons (Fsp3) is 0.486. The standard InChI is InChI=1S/C37H41ClN8O15/c1-3-4-11-29-39-34(38)31(44(29)17-22-13-15-23(16-14-22)25-9-5-6-10-26(25)35-40-42-43-41-35)36(48)57-21(2)58-37(49)60-28-20-55-32-27(19-54-33(28)32)59-30(47)12-7-8-24(61-46(52)53)18-56-45(50)51/h5-6,9-10,13-16,21,24,27-28,32-33H,3-4,7-8,11-12,17-20H2,1-2H3,(H,40,41,42,43)/t21?,24?,27-,28-,32?,33?/m1/s1. The van der Waals surface area contributed by atoms with Gasteiger partial charge in [0.25, 0.3) is 10.2 Å². The molecular formula is C37H41ClN8O15. The molecule has 0 saturated carbocycles. The number of carbonyl (C=O) groups is 3. The number of fused-ring (bicyclic) bond motifs is 1. The number of H-pyrrole nitrogens is 1. The van der Waals surface area contributed by atoms with Crippen molar-refractivity contribution in [2.24, 2.45) is 0 Å². The number of hydrogen-bond donors (Lipinski definition) is 1. The van der Waals surface area contributed by atoms with Gasteiger partial charge in [-0.2, -0.15) is 5.21 Å². The number of ether oxygens (including phenoxy) is 6. The van der Waals surface area contributed by atoms with Gasteiger partial charge >= 0.3 is 18.1 Å². The zero-order valence-electron chi connectivity index (χ0n) is 32.8. The lowest BCUT2D eigenvalue weighted by molar-refractivity contribution is -0.790. The molecule has 0 amide bonds. The molecule has 2 aromatic carbocycles. The Morgan fingerprint density at radius 3 is 2.33 bits per heavy atom. The summed E-state index contributed by atoms with van der Waals surface area (Å²) in [5, 5.41) is 33.2. The van der Waals surface area contributed by atoms with Crippen molar-refractivity contribution in [1.82, 2.24) is 30.2 Å². The van der Waals surface area contributed by atoms with Gasteiger partial charge in [0.1, 0.15) is 30.7 Å². The molecule has 61 heavy (non-hydrogen) atoms. The number of hydrogen-bond acceptors (Lipinski definition) is 19. The lowest BCUT2D eigenvalue weighted by atomic mass is 9.98. The molecule has 0 radical (unpaired) electrons. The molecule has 4 heterocycles. The first-order valence-corrected chi connectivity index (χ1v) is 19.5. The molecule has 0 bridgehead atoms. The molecule has 1 N–H and O–H groups in total. The second kappa shape index (κ2) is 20.7. The van der Waals surface area contributed by atoms with Gasteiger partial charge in [0.2, 0.25) is 12.1 Å². The molecule has 2 aromatic heterocycles. The van der Waals surface area contributed by atoms with Crippen molar-refractivity contribution in [3.63, 3.8) is 0 Å². The number of halogens is 1. The van der Waals surface area contributed by atoms with Crippen LogP contribution in [0.3, 0.4) is 0 Å². The van der Waals surface area contributed by atoms with Crippen LogP contribution in [0.2, 0.25) is 5.15 Å². The van der Waals surface area contributed by atoms with Crippen molar-refractivity contribution in [3.8, 4) is 22.5 Å². The maximum atomic E-state index is 13.6. The van der Waals surface area contributed by atoms with E-state index in [0.717, 1.165) is 35.1 Å². The van der Waals surface area contributed by atoms with E-state index in [1.165, 1.54) is 6.92 Å². The molecule has 2 saturated heterocycles. The third-order valence-electron chi connectivity index (χ3n) is 9.61. The van der Waals surface area contributed by atoms with Crippen molar-refractivity contribution in [2.75, 3.05) is 19.8 Å². The minimum absolute atomic E-state index is 0.0244. The van der Waals surface area contributed by atoms with Gasteiger partial charge < -0.3 is 42.7 Å². The van der Waals surface area contributed by atoms with Crippen LogP contribution in [0.1, 0.15) is 67.8 Å². The summed E-state index contributed by atoms with van der Waals surface area (Å²) in [6.07, 6.45) is -5.38. The van der Waals surface area contributed by atoms with Gasteiger partial charge in [-0.05, 0) is 41.2 Å². The molecule has 0 aliphatic carbocycles. The van der Waals surface area contributed by atoms with E-state index in [-0.39, 0.29) is 49.9 Å². The van der Waals surface area contributed by atoms with Crippen LogP contribution in [-0.4, -0.2) is 115 Å². The van der Waals surface area contributed by atoms with Crippen LogP contribution in [-0.2, 0) is 55.9 Å². The summed E-state index contributed by atoms with van der Waals surface area (Å²) in [5.41, 5.74) is 3.43. The molecule has 326 valence electrons. The van der Waals surface area contributed by atoms with Gasteiger partial charge in [-0.3, -0.25) is 4.79 Å². The first kappa shape index (κ1) is 44.1. The van der Waals surface area contributed by atoms with Crippen molar-refractivity contribution in [2.45, 2.75) is 95.7 Å². The van der Waals surface area contributed by atoms with E-state index in [1.807, 2.05) is 55.5 Å². The van der Waals surface area contributed by atoms with Gasteiger partial charge in [-0.15, -0.1) is 30.4 Å². The number of aryl methyl sites for hydroxylation is 1. The topological polar surface area (TPSA) is 284 Å². The van der Waals surface area contributed by atoms with Crippen LogP contribution >= 0.6 is 11.6 Å². The number of nitrogens with zero attached hydrogens (tertiary/aromatic N) is 7. The Bertz CT molecular complexity index is 2160. The van der Waals surface area contributed by atoms with Crippen LogP contribution in [0.25, 0.3) is 22.5 Å². The Kier molecular flexibility index (Phi) is 15.0. The molecular weight excluding hydrogens is 832 g/mol. The first-order valence-electron chi connectivity index (χ1n) is 19.2. The van der Waals surface area contributed by atoms with E-state index in [2.05, 4.69) is 35.3 Å². The van der Waals surface area contributed by atoms with Gasteiger partial charge in [0.15, 0.2) is 23.1 Å². The smallest absolute Gasteiger partial charge is 0.457 e. The third-order valence-corrected chi connectivity index (χ3v) is 9.87. The quantitative estimate of drug-likeness (QED) is 0.0397. The van der Waals surface area contributed by atoms with E-state index in [1.54, 1.807) is 4.57 Å². The molecule has 6 rings (SSSR count). The first-order chi connectivity index (χ1) is 29.4. The highest BCUT2D eigenvalue weighted by molar-refractivity contribution is 6.32. The normalized spacial score (nSPS) is 19.0. The Balaban J connectivity index is 1.01. The monoisotopic (exact) mass is 872 g/mol. The summed E-state index contributed by atoms with van der Waals surface area (Å²) in [6.45, 7) is 2.69. The Morgan fingerprint density at radius 2 is 1.67 bits per heavy atom. The number of rotatable bonds is 21. The van der Waals surface area contributed by atoms with E-state index in [4.69, 9.17) is 40.0 Å².